The summed E-state index contributed by atoms with van der Waals surface area (Å²) in [7, 11) is 0. The summed E-state index contributed by atoms with van der Waals surface area (Å²) in [5.74, 6) is -1.14. The Bertz CT molecular complexity index is 1050. The van der Waals surface area contributed by atoms with Gasteiger partial charge in [-0.25, -0.2) is 9.82 Å². The van der Waals surface area contributed by atoms with Gasteiger partial charge in [0, 0.05) is 17.0 Å². The largest absolute Gasteiger partial charge is 0.317 e. The highest BCUT2D eigenvalue weighted by Crippen LogP contribution is 2.26. The first-order chi connectivity index (χ1) is 13.4. The molecule has 3 aromatic rings. The van der Waals surface area contributed by atoms with Crippen molar-refractivity contribution in [2.24, 2.45) is 5.10 Å². The summed E-state index contributed by atoms with van der Waals surface area (Å²) in [5, 5.41) is 4.03. The van der Waals surface area contributed by atoms with Gasteiger partial charge in [0.2, 0.25) is 0 Å². The fraction of sp³-hybridized carbons (Fsp3) is 0.217. The smallest absolute Gasteiger partial charge is 0.274 e. The van der Waals surface area contributed by atoms with Crippen LogP contribution in [-0.4, -0.2) is 16.7 Å². The molecule has 0 atom stereocenters. The average molecular weight is 377 g/mol. The molecule has 0 unspecified atom stereocenters. The molecule has 0 fully saturated rings. The molecule has 0 aliphatic heterocycles. The van der Waals surface area contributed by atoms with Gasteiger partial charge < -0.3 is 4.57 Å². The summed E-state index contributed by atoms with van der Waals surface area (Å²) in [4.78, 5) is 12.1. The first kappa shape index (κ1) is 19.5. The quantitative estimate of drug-likeness (QED) is 0.500. The van der Waals surface area contributed by atoms with E-state index < -0.39 is 11.7 Å². The van der Waals surface area contributed by atoms with E-state index in [0.717, 1.165) is 23.4 Å². The van der Waals surface area contributed by atoms with Gasteiger partial charge in [-0.05, 0) is 56.5 Å². The monoisotopic (exact) mass is 377 g/mol. The highest BCUT2D eigenvalue weighted by atomic mass is 19.1. The van der Waals surface area contributed by atoms with E-state index in [-0.39, 0.29) is 5.56 Å². The number of rotatable bonds is 5. The maximum atomic E-state index is 13.7. The number of halogens is 1. The van der Waals surface area contributed by atoms with E-state index in [1.807, 2.05) is 19.9 Å². The molecule has 1 heterocycles. The SMILES string of the molecule is CCc1cccc(C)c1-n1c(C)cc(/C=N\NC(=O)c2ccccc2F)c1C. The molecule has 0 bridgehead atoms. The van der Waals surface area contributed by atoms with Crippen LogP contribution >= 0.6 is 0 Å². The second kappa shape index (κ2) is 8.21. The van der Waals surface area contributed by atoms with Crippen LogP contribution in [-0.2, 0) is 6.42 Å². The summed E-state index contributed by atoms with van der Waals surface area (Å²) in [6.07, 6.45) is 2.54. The van der Waals surface area contributed by atoms with Crippen LogP contribution in [0.5, 0.6) is 0 Å². The van der Waals surface area contributed by atoms with Crippen molar-refractivity contribution >= 4 is 12.1 Å². The van der Waals surface area contributed by atoms with E-state index in [4.69, 9.17) is 0 Å². The number of nitrogens with one attached hydrogen (secondary N) is 1. The molecule has 0 aliphatic carbocycles. The van der Waals surface area contributed by atoms with Gasteiger partial charge in [-0.2, -0.15) is 5.10 Å². The number of benzene rings is 2. The first-order valence-electron chi connectivity index (χ1n) is 9.29. The summed E-state index contributed by atoms with van der Waals surface area (Å²) in [6, 6.07) is 14.2. The number of aromatic nitrogens is 1. The van der Waals surface area contributed by atoms with E-state index in [0.29, 0.717) is 0 Å². The lowest BCUT2D eigenvalue weighted by Gasteiger charge is -2.17. The normalized spacial score (nSPS) is 11.2. The van der Waals surface area contributed by atoms with Crippen molar-refractivity contribution in [1.29, 1.82) is 0 Å². The molecule has 28 heavy (non-hydrogen) atoms. The van der Waals surface area contributed by atoms with Gasteiger partial charge in [-0.3, -0.25) is 4.79 Å². The molecule has 1 N–H and O–H groups in total. The van der Waals surface area contributed by atoms with E-state index in [1.54, 1.807) is 18.3 Å². The third-order valence-electron chi connectivity index (χ3n) is 4.88. The highest BCUT2D eigenvalue weighted by Gasteiger charge is 2.14. The number of hydrazone groups is 1. The van der Waals surface area contributed by atoms with Crippen LogP contribution in [0.4, 0.5) is 4.39 Å². The van der Waals surface area contributed by atoms with Gasteiger partial charge in [-0.15, -0.1) is 0 Å². The summed E-state index contributed by atoms with van der Waals surface area (Å²) >= 11 is 0. The molecule has 1 aromatic heterocycles. The molecule has 144 valence electrons. The summed E-state index contributed by atoms with van der Waals surface area (Å²) < 4.78 is 15.9. The zero-order valence-electron chi connectivity index (χ0n) is 16.6. The number of amides is 1. The fourth-order valence-electron chi connectivity index (χ4n) is 3.45. The second-order valence-electron chi connectivity index (χ2n) is 6.78. The minimum absolute atomic E-state index is 0.0300. The Morgan fingerprint density at radius 2 is 1.89 bits per heavy atom. The van der Waals surface area contributed by atoms with Crippen molar-refractivity contribution < 1.29 is 9.18 Å². The van der Waals surface area contributed by atoms with Crippen LogP contribution < -0.4 is 5.43 Å². The summed E-state index contributed by atoms with van der Waals surface area (Å²) in [5.41, 5.74) is 9.06. The Kier molecular flexibility index (Phi) is 5.73. The Morgan fingerprint density at radius 1 is 1.14 bits per heavy atom. The van der Waals surface area contributed by atoms with Crippen LogP contribution in [0.3, 0.4) is 0 Å². The Hall–Kier alpha value is -3.21. The Balaban J connectivity index is 1.88. The van der Waals surface area contributed by atoms with Crippen molar-refractivity contribution in [2.75, 3.05) is 0 Å². The molecular formula is C23H24FN3O. The van der Waals surface area contributed by atoms with Gasteiger partial charge in [0.05, 0.1) is 17.5 Å². The molecule has 1 amide bonds. The molecule has 0 saturated carbocycles. The molecule has 4 nitrogen and oxygen atoms in total. The molecular weight excluding hydrogens is 353 g/mol. The first-order valence-corrected chi connectivity index (χ1v) is 9.29. The number of nitrogens with zero attached hydrogens (tertiary/aromatic N) is 2. The van der Waals surface area contributed by atoms with Crippen molar-refractivity contribution in [2.45, 2.75) is 34.1 Å². The van der Waals surface area contributed by atoms with Crippen LogP contribution in [0, 0.1) is 26.6 Å². The number of hydrogen-bond donors (Lipinski definition) is 1. The minimum Gasteiger partial charge on any atom is -0.317 e. The lowest BCUT2D eigenvalue weighted by molar-refractivity contribution is 0.0951. The van der Waals surface area contributed by atoms with Crippen molar-refractivity contribution in [3.05, 3.63) is 88.0 Å². The number of para-hydroxylation sites is 1. The lowest BCUT2D eigenvalue weighted by atomic mass is 10.1. The Labute approximate surface area is 164 Å². The van der Waals surface area contributed by atoms with E-state index in [2.05, 4.69) is 47.1 Å². The van der Waals surface area contributed by atoms with E-state index in [1.165, 1.54) is 28.9 Å². The zero-order valence-corrected chi connectivity index (χ0v) is 16.6. The molecule has 2 aromatic carbocycles. The maximum Gasteiger partial charge on any atom is 0.274 e. The lowest BCUT2D eigenvalue weighted by Crippen LogP contribution is -2.19. The van der Waals surface area contributed by atoms with Crippen molar-refractivity contribution in [3.63, 3.8) is 0 Å². The number of carbonyl (C=O) groups is 1. The zero-order chi connectivity index (χ0) is 20.3. The second-order valence-corrected chi connectivity index (χ2v) is 6.78. The predicted octanol–water partition coefficient (Wildman–Crippen LogP) is 4.87. The van der Waals surface area contributed by atoms with Gasteiger partial charge in [0.25, 0.3) is 5.91 Å². The molecule has 3 rings (SSSR count). The minimum atomic E-state index is -0.574. The maximum absolute atomic E-state index is 13.7. The topological polar surface area (TPSA) is 46.4 Å². The number of hydrogen-bond acceptors (Lipinski definition) is 2. The van der Waals surface area contributed by atoms with Gasteiger partial charge in [0.1, 0.15) is 5.82 Å². The standard InChI is InChI=1S/C23H24FN3O/c1-5-18-10-8-9-15(2)22(18)27-16(3)13-19(17(27)4)14-25-26-23(28)20-11-6-7-12-21(20)24/h6-14H,5H2,1-4H3,(H,26,28)/b25-14-. The molecule has 0 saturated heterocycles. The molecule has 0 aliphatic rings. The van der Waals surface area contributed by atoms with Crippen LogP contribution in [0.2, 0.25) is 0 Å². The summed E-state index contributed by atoms with van der Waals surface area (Å²) in [6.45, 7) is 8.33. The molecule has 0 radical (unpaired) electrons. The van der Waals surface area contributed by atoms with Crippen LogP contribution in [0.25, 0.3) is 5.69 Å². The van der Waals surface area contributed by atoms with Gasteiger partial charge >= 0.3 is 0 Å². The van der Waals surface area contributed by atoms with Crippen LogP contribution in [0.15, 0.2) is 53.6 Å². The number of aryl methyl sites for hydroxylation is 3. The van der Waals surface area contributed by atoms with Gasteiger partial charge in [0.15, 0.2) is 0 Å². The fourth-order valence-corrected chi connectivity index (χ4v) is 3.45. The average Bonchev–Trinajstić information content (AvgIpc) is 2.95. The van der Waals surface area contributed by atoms with E-state index in [9.17, 15) is 9.18 Å². The van der Waals surface area contributed by atoms with Gasteiger partial charge in [-0.1, -0.05) is 37.3 Å². The highest BCUT2D eigenvalue weighted by molar-refractivity contribution is 5.95. The third kappa shape index (κ3) is 3.74. The number of carbonyl (C=O) groups excluding carboxylic acids is 1. The Morgan fingerprint density at radius 3 is 2.61 bits per heavy atom. The van der Waals surface area contributed by atoms with E-state index >= 15 is 0 Å². The predicted molar refractivity (Wildman–Crippen MR) is 111 cm³/mol. The van der Waals surface area contributed by atoms with Crippen LogP contribution in [0.1, 0.15) is 45.4 Å². The molecule has 0 spiro atoms. The third-order valence-corrected chi connectivity index (χ3v) is 4.88. The van der Waals surface area contributed by atoms with Crippen molar-refractivity contribution in [1.82, 2.24) is 9.99 Å². The van der Waals surface area contributed by atoms with Crippen molar-refractivity contribution in [3.8, 4) is 5.69 Å². The molecule has 5 heteroatoms.